The van der Waals surface area contributed by atoms with Crippen molar-refractivity contribution in [2.45, 2.75) is 45.7 Å². The molecule has 0 saturated carbocycles. The largest absolute Gasteiger partial charge is 0.341 e. The van der Waals surface area contributed by atoms with Crippen molar-refractivity contribution < 1.29 is 9.18 Å². The normalized spacial score (nSPS) is 17.1. The monoisotopic (exact) mass is 278 g/mol. The number of likely N-dealkylation sites (tertiary alicyclic amines) is 1. The summed E-state index contributed by atoms with van der Waals surface area (Å²) in [6.07, 6.45) is 3.44. The van der Waals surface area contributed by atoms with Crippen molar-refractivity contribution in [1.82, 2.24) is 10.2 Å². The summed E-state index contributed by atoms with van der Waals surface area (Å²) in [6, 6.07) is 4.86. The fourth-order valence-electron chi connectivity index (χ4n) is 2.56. The molecule has 1 amide bonds. The van der Waals surface area contributed by atoms with Gasteiger partial charge in [-0.1, -0.05) is 12.1 Å². The molecule has 20 heavy (non-hydrogen) atoms. The first-order chi connectivity index (χ1) is 9.58. The number of carbonyl (C=O) groups is 1. The van der Waals surface area contributed by atoms with Gasteiger partial charge < -0.3 is 10.2 Å². The number of hydrogen-bond donors (Lipinski definition) is 1. The van der Waals surface area contributed by atoms with Crippen LogP contribution in [0.25, 0.3) is 0 Å². The van der Waals surface area contributed by atoms with Crippen LogP contribution in [0.1, 0.15) is 37.3 Å². The Hall–Kier alpha value is -1.42. The third-order valence-electron chi connectivity index (χ3n) is 3.87. The molecule has 0 radical (unpaired) electrons. The van der Waals surface area contributed by atoms with Crippen molar-refractivity contribution in [1.29, 1.82) is 0 Å². The number of benzene rings is 1. The smallest absolute Gasteiger partial charge is 0.239 e. The molecule has 0 aliphatic carbocycles. The van der Waals surface area contributed by atoms with Crippen molar-refractivity contribution in [3.63, 3.8) is 0 Å². The van der Waals surface area contributed by atoms with Gasteiger partial charge in [0.15, 0.2) is 0 Å². The summed E-state index contributed by atoms with van der Waals surface area (Å²) in [7, 11) is 0. The third-order valence-corrected chi connectivity index (χ3v) is 3.87. The Morgan fingerprint density at radius 1 is 1.35 bits per heavy atom. The van der Waals surface area contributed by atoms with Gasteiger partial charge in [-0.25, -0.2) is 4.39 Å². The van der Waals surface area contributed by atoms with E-state index >= 15 is 0 Å². The molecule has 0 bridgehead atoms. The van der Waals surface area contributed by atoms with Crippen molar-refractivity contribution in [3.8, 4) is 0 Å². The number of nitrogens with one attached hydrogen (secondary N) is 1. The molecule has 3 nitrogen and oxygen atoms in total. The van der Waals surface area contributed by atoms with Gasteiger partial charge in [-0.3, -0.25) is 4.79 Å². The van der Waals surface area contributed by atoms with Crippen molar-refractivity contribution in [2.75, 3.05) is 13.1 Å². The summed E-state index contributed by atoms with van der Waals surface area (Å²) in [5.74, 6) is -0.0188. The summed E-state index contributed by atoms with van der Waals surface area (Å²) in [4.78, 5) is 14.2. The van der Waals surface area contributed by atoms with E-state index < -0.39 is 0 Å². The lowest BCUT2D eigenvalue weighted by Gasteiger charge is -2.29. The highest BCUT2D eigenvalue weighted by Crippen LogP contribution is 2.11. The zero-order valence-electron chi connectivity index (χ0n) is 12.3. The first kappa shape index (κ1) is 15.0. The second kappa shape index (κ2) is 6.84. The molecule has 1 aromatic rings. The molecular formula is C16H23FN2O. The number of nitrogens with zero attached hydrogens (tertiary/aromatic N) is 1. The first-order valence-corrected chi connectivity index (χ1v) is 7.35. The number of aryl methyl sites for hydroxylation is 1. The maximum atomic E-state index is 13.2. The second-order valence-corrected chi connectivity index (χ2v) is 5.57. The van der Waals surface area contributed by atoms with E-state index in [0.717, 1.165) is 31.5 Å². The van der Waals surface area contributed by atoms with Crippen LogP contribution in [0.2, 0.25) is 0 Å². The number of amides is 1. The maximum absolute atomic E-state index is 13.2. The minimum atomic E-state index is -0.196. The molecule has 1 aromatic carbocycles. The van der Waals surface area contributed by atoms with Gasteiger partial charge >= 0.3 is 0 Å². The maximum Gasteiger partial charge on any atom is 0.239 e. The molecule has 1 heterocycles. The van der Waals surface area contributed by atoms with E-state index in [1.54, 1.807) is 13.0 Å². The molecule has 110 valence electrons. The molecular weight excluding hydrogens is 255 g/mol. The number of hydrogen-bond acceptors (Lipinski definition) is 2. The minimum Gasteiger partial charge on any atom is -0.341 e. The van der Waals surface area contributed by atoms with Gasteiger partial charge in [0.25, 0.3) is 0 Å². The lowest BCUT2D eigenvalue weighted by atomic mass is 10.1. The quantitative estimate of drug-likeness (QED) is 0.918. The van der Waals surface area contributed by atoms with E-state index in [0.29, 0.717) is 12.1 Å². The second-order valence-electron chi connectivity index (χ2n) is 5.57. The fourth-order valence-corrected chi connectivity index (χ4v) is 2.56. The number of piperidine rings is 1. The Labute approximate surface area is 120 Å². The molecule has 1 fully saturated rings. The SMILES string of the molecule is Cc1cc(CNC(C)C(=O)N2CCCCC2)ccc1F. The standard InChI is InChI=1S/C16H23FN2O/c1-12-10-14(6-7-15(12)17)11-18-13(2)16(20)19-8-4-3-5-9-19/h6-7,10,13,18H,3-5,8-9,11H2,1-2H3. The van der Waals surface area contributed by atoms with Gasteiger partial charge in [0.05, 0.1) is 6.04 Å². The van der Waals surface area contributed by atoms with Crippen LogP contribution in [0, 0.1) is 12.7 Å². The van der Waals surface area contributed by atoms with Gasteiger partial charge in [-0.05, 0) is 50.3 Å². The Morgan fingerprint density at radius 2 is 2.05 bits per heavy atom. The zero-order valence-corrected chi connectivity index (χ0v) is 12.3. The van der Waals surface area contributed by atoms with Gasteiger partial charge in [0.1, 0.15) is 5.82 Å². The summed E-state index contributed by atoms with van der Waals surface area (Å²) < 4.78 is 13.2. The van der Waals surface area contributed by atoms with Crippen LogP contribution in [0.15, 0.2) is 18.2 Å². The topological polar surface area (TPSA) is 32.3 Å². The highest BCUT2D eigenvalue weighted by molar-refractivity contribution is 5.81. The molecule has 2 rings (SSSR count). The van der Waals surface area contributed by atoms with Crippen LogP contribution in [0.3, 0.4) is 0 Å². The molecule has 1 aliphatic rings. The van der Waals surface area contributed by atoms with Crippen LogP contribution < -0.4 is 5.32 Å². The molecule has 0 spiro atoms. The predicted molar refractivity (Wildman–Crippen MR) is 77.9 cm³/mol. The van der Waals surface area contributed by atoms with E-state index in [4.69, 9.17) is 0 Å². The molecule has 1 N–H and O–H groups in total. The summed E-state index contributed by atoms with van der Waals surface area (Å²) in [5.41, 5.74) is 1.64. The summed E-state index contributed by atoms with van der Waals surface area (Å²) >= 11 is 0. The van der Waals surface area contributed by atoms with E-state index in [1.807, 2.05) is 17.9 Å². The molecule has 0 aromatic heterocycles. The molecule has 1 aliphatic heterocycles. The lowest BCUT2D eigenvalue weighted by Crippen LogP contribution is -2.46. The van der Waals surface area contributed by atoms with E-state index in [2.05, 4.69) is 5.32 Å². The van der Waals surface area contributed by atoms with Crippen molar-refractivity contribution in [2.24, 2.45) is 0 Å². The van der Waals surface area contributed by atoms with Gasteiger partial charge in [-0.2, -0.15) is 0 Å². The van der Waals surface area contributed by atoms with Crippen LogP contribution in [0.5, 0.6) is 0 Å². The van der Waals surface area contributed by atoms with Crippen molar-refractivity contribution >= 4 is 5.91 Å². The fraction of sp³-hybridized carbons (Fsp3) is 0.562. The first-order valence-electron chi connectivity index (χ1n) is 7.35. The van der Waals surface area contributed by atoms with E-state index in [1.165, 1.54) is 12.5 Å². The average Bonchev–Trinajstić information content (AvgIpc) is 2.48. The molecule has 1 unspecified atom stereocenters. The third kappa shape index (κ3) is 3.79. The van der Waals surface area contributed by atoms with Crippen LogP contribution in [0.4, 0.5) is 4.39 Å². The van der Waals surface area contributed by atoms with Gasteiger partial charge in [0, 0.05) is 19.6 Å². The predicted octanol–water partition coefficient (Wildman–Crippen LogP) is 2.62. The molecule has 1 atom stereocenters. The van der Waals surface area contributed by atoms with Gasteiger partial charge in [0.2, 0.25) is 5.91 Å². The summed E-state index contributed by atoms with van der Waals surface area (Å²) in [6.45, 7) is 5.98. The average molecular weight is 278 g/mol. The Kier molecular flexibility index (Phi) is 5.12. The Bertz CT molecular complexity index is 470. The Morgan fingerprint density at radius 3 is 2.70 bits per heavy atom. The number of carbonyl (C=O) groups excluding carboxylic acids is 1. The van der Waals surface area contributed by atoms with Crippen molar-refractivity contribution in [3.05, 3.63) is 35.1 Å². The number of rotatable bonds is 4. The van der Waals surface area contributed by atoms with Crippen LogP contribution in [-0.2, 0) is 11.3 Å². The zero-order chi connectivity index (χ0) is 14.5. The molecule has 1 saturated heterocycles. The van der Waals surface area contributed by atoms with Crippen LogP contribution >= 0.6 is 0 Å². The minimum absolute atomic E-state index is 0.170. The molecule has 4 heteroatoms. The summed E-state index contributed by atoms with van der Waals surface area (Å²) in [5, 5.41) is 3.23. The van der Waals surface area contributed by atoms with E-state index in [-0.39, 0.29) is 17.8 Å². The van der Waals surface area contributed by atoms with E-state index in [9.17, 15) is 9.18 Å². The number of halogens is 1. The highest BCUT2D eigenvalue weighted by Gasteiger charge is 2.21. The van der Waals surface area contributed by atoms with Gasteiger partial charge in [-0.15, -0.1) is 0 Å². The lowest BCUT2D eigenvalue weighted by molar-refractivity contribution is -0.133. The van der Waals surface area contributed by atoms with Crippen LogP contribution in [-0.4, -0.2) is 29.9 Å². The Balaban J connectivity index is 1.85. The highest BCUT2D eigenvalue weighted by atomic mass is 19.1.